The highest BCUT2D eigenvalue weighted by atomic mass is 32.2. The molecule has 19 heavy (non-hydrogen) atoms. The average Bonchev–Trinajstić information content (AvgIpc) is 2.71. The summed E-state index contributed by atoms with van der Waals surface area (Å²) in [6.07, 6.45) is 1.21. The van der Waals surface area contributed by atoms with Crippen LogP contribution in [0.5, 0.6) is 0 Å². The Hall–Kier alpha value is -1.45. The third kappa shape index (κ3) is 2.13. The standard InChI is InChI=1S/C13H17N3O2S/c1-12(2)11(13(12,3)4)16-19(17,18)10-6-5-9(7-14)15-8-10/h5-6,8,11,16H,1-4H3. The van der Waals surface area contributed by atoms with Crippen LogP contribution < -0.4 is 4.72 Å². The second kappa shape index (κ2) is 4.02. The van der Waals surface area contributed by atoms with Crippen molar-refractivity contribution in [2.45, 2.75) is 38.6 Å². The zero-order chi connectivity index (χ0) is 14.5. The number of rotatable bonds is 3. The molecule has 0 radical (unpaired) electrons. The number of aromatic nitrogens is 1. The van der Waals surface area contributed by atoms with Gasteiger partial charge in [-0.05, 0) is 23.0 Å². The van der Waals surface area contributed by atoms with Crippen LogP contribution in [0.3, 0.4) is 0 Å². The van der Waals surface area contributed by atoms with E-state index in [9.17, 15) is 8.42 Å². The minimum atomic E-state index is -3.59. The number of nitrogens with one attached hydrogen (secondary N) is 1. The van der Waals surface area contributed by atoms with Crippen LogP contribution in [0.15, 0.2) is 23.2 Å². The predicted molar refractivity (Wildman–Crippen MR) is 70.6 cm³/mol. The lowest BCUT2D eigenvalue weighted by Gasteiger charge is -2.07. The number of pyridine rings is 1. The van der Waals surface area contributed by atoms with Crippen LogP contribution in [0, 0.1) is 22.2 Å². The van der Waals surface area contributed by atoms with Crippen LogP contribution in [0.1, 0.15) is 33.4 Å². The van der Waals surface area contributed by atoms with E-state index in [1.807, 2.05) is 33.8 Å². The highest BCUT2D eigenvalue weighted by Gasteiger charge is 2.66. The van der Waals surface area contributed by atoms with Crippen LogP contribution in [0.4, 0.5) is 0 Å². The molecule has 1 fully saturated rings. The van der Waals surface area contributed by atoms with Crippen molar-refractivity contribution < 1.29 is 8.42 Å². The Kier molecular flexibility index (Phi) is 2.96. The molecule has 1 heterocycles. The Morgan fingerprint density at radius 1 is 1.26 bits per heavy atom. The molecule has 102 valence electrons. The topological polar surface area (TPSA) is 82.9 Å². The molecule has 0 aliphatic heterocycles. The Bertz CT molecular complexity index is 625. The third-order valence-electron chi connectivity index (χ3n) is 4.45. The van der Waals surface area contributed by atoms with Gasteiger partial charge in [-0.25, -0.2) is 18.1 Å². The molecular weight excluding hydrogens is 262 g/mol. The summed E-state index contributed by atoms with van der Waals surface area (Å²) in [7, 11) is -3.59. The molecule has 0 bridgehead atoms. The van der Waals surface area contributed by atoms with Gasteiger partial charge in [-0.2, -0.15) is 5.26 Å². The molecular formula is C13H17N3O2S. The summed E-state index contributed by atoms with van der Waals surface area (Å²) >= 11 is 0. The number of nitriles is 1. The van der Waals surface area contributed by atoms with Gasteiger partial charge in [-0.3, -0.25) is 0 Å². The smallest absolute Gasteiger partial charge is 0.242 e. The van der Waals surface area contributed by atoms with Crippen molar-refractivity contribution in [2.24, 2.45) is 10.8 Å². The van der Waals surface area contributed by atoms with Crippen molar-refractivity contribution in [3.63, 3.8) is 0 Å². The number of sulfonamides is 1. The molecule has 0 amide bonds. The van der Waals surface area contributed by atoms with Gasteiger partial charge in [0.05, 0.1) is 0 Å². The molecule has 1 aliphatic carbocycles. The van der Waals surface area contributed by atoms with E-state index in [0.717, 1.165) is 0 Å². The highest BCUT2D eigenvalue weighted by Crippen LogP contribution is 2.62. The van der Waals surface area contributed by atoms with E-state index in [4.69, 9.17) is 5.26 Å². The van der Waals surface area contributed by atoms with E-state index >= 15 is 0 Å². The number of nitrogens with zero attached hydrogens (tertiary/aromatic N) is 2. The quantitative estimate of drug-likeness (QED) is 0.912. The number of hydrogen-bond donors (Lipinski definition) is 1. The van der Waals surface area contributed by atoms with Crippen molar-refractivity contribution in [2.75, 3.05) is 0 Å². The van der Waals surface area contributed by atoms with E-state index < -0.39 is 10.0 Å². The van der Waals surface area contributed by atoms with Gasteiger partial charge in [-0.15, -0.1) is 0 Å². The lowest BCUT2D eigenvalue weighted by atomic mass is 10.0. The summed E-state index contributed by atoms with van der Waals surface area (Å²) in [6.45, 7) is 8.16. The minimum absolute atomic E-state index is 0.0694. The Labute approximate surface area is 113 Å². The Balaban J connectivity index is 2.23. The SMILES string of the molecule is CC1(C)C(NS(=O)(=O)c2ccc(C#N)nc2)C1(C)C. The third-order valence-corrected chi connectivity index (χ3v) is 5.86. The first-order valence-electron chi connectivity index (χ1n) is 6.01. The minimum Gasteiger partial charge on any atom is -0.244 e. The van der Waals surface area contributed by atoms with Crippen LogP contribution in [-0.2, 0) is 10.0 Å². The van der Waals surface area contributed by atoms with Gasteiger partial charge in [0.15, 0.2) is 0 Å². The first kappa shape index (κ1) is 14.0. The van der Waals surface area contributed by atoms with Gasteiger partial charge in [0.25, 0.3) is 0 Å². The first-order valence-corrected chi connectivity index (χ1v) is 7.50. The van der Waals surface area contributed by atoms with Crippen LogP contribution in [-0.4, -0.2) is 19.4 Å². The molecule has 0 unspecified atom stereocenters. The second-order valence-electron chi connectivity index (χ2n) is 5.99. The highest BCUT2D eigenvalue weighted by molar-refractivity contribution is 7.89. The fraction of sp³-hybridized carbons (Fsp3) is 0.538. The molecule has 1 saturated carbocycles. The fourth-order valence-corrected chi connectivity index (χ4v) is 3.79. The van der Waals surface area contributed by atoms with E-state index in [-0.39, 0.29) is 27.5 Å². The van der Waals surface area contributed by atoms with Gasteiger partial charge in [0, 0.05) is 12.2 Å². The molecule has 6 heteroatoms. The maximum atomic E-state index is 12.2. The first-order chi connectivity index (χ1) is 8.63. The molecule has 0 atom stereocenters. The lowest BCUT2D eigenvalue weighted by Crippen LogP contribution is -2.30. The predicted octanol–water partition coefficient (Wildman–Crippen LogP) is 1.67. The van der Waals surface area contributed by atoms with Gasteiger partial charge >= 0.3 is 0 Å². The summed E-state index contributed by atoms with van der Waals surface area (Å²) in [5.74, 6) is 0. The summed E-state index contributed by atoms with van der Waals surface area (Å²) in [5.41, 5.74) is 0.0613. The molecule has 0 aromatic carbocycles. The maximum Gasteiger partial charge on any atom is 0.242 e. The molecule has 1 aliphatic rings. The van der Waals surface area contributed by atoms with Crippen molar-refractivity contribution >= 4 is 10.0 Å². The molecule has 1 N–H and O–H groups in total. The molecule has 5 nitrogen and oxygen atoms in total. The fourth-order valence-electron chi connectivity index (χ4n) is 2.32. The average molecular weight is 279 g/mol. The summed E-state index contributed by atoms with van der Waals surface area (Å²) in [4.78, 5) is 3.87. The van der Waals surface area contributed by atoms with Gasteiger partial charge in [0.1, 0.15) is 16.7 Å². The molecule has 0 spiro atoms. The van der Waals surface area contributed by atoms with E-state index in [1.165, 1.54) is 18.3 Å². The van der Waals surface area contributed by atoms with E-state index in [0.29, 0.717) is 0 Å². The Morgan fingerprint density at radius 3 is 2.21 bits per heavy atom. The van der Waals surface area contributed by atoms with Crippen LogP contribution in [0.2, 0.25) is 0 Å². The van der Waals surface area contributed by atoms with Gasteiger partial charge in [0.2, 0.25) is 10.0 Å². The van der Waals surface area contributed by atoms with E-state index in [1.54, 1.807) is 0 Å². The summed E-state index contributed by atoms with van der Waals surface area (Å²) in [6, 6.07) is 4.56. The molecule has 1 aromatic heterocycles. The second-order valence-corrected chi connectivity index (χ2v) is 7.70. The van der Waals surface area contributed by atoms with Gasteiger partial charge in [-0.1, -0.05) is 27.7 Å². The zero-order valence-electron chi connectivity index (χ0n) is 11.4. The lowest BCUT2D eigenvalue weighted by molar-refractivity contribution is 0.457. The monoisotopic (exact) mass is 279 g/mol. The largest absolute Gasteiger partial charge is 0.244 e. The van der Waals surface area contributed by atoms with Crippen LogP contribution in [0.25, 0.3) is 0 Å². The van der Waals surface area contributed by atoms with Crippen molar-refractivity contribution in [3.8, 4) is 6.07 Å². The molecule has 2 rings (SSSR count). The Morgan fingerprint density at radius 2 is 1.84 bits per heavy atom. The zero-order valence-corrected chi connectivity index (χ0v) is 12.2. The van der Waals surface area contributed by atoms with Crippen molar-refractivity contribution in [1.29, 1.82) is 5.26 Å². The summed E-state index contributed by atoms with van der Waals surface area (Å²) < 4.78 is 27.2. The molecule has 0 saturated heterocycles. The van der Waals surface area contributed by atoms with Crippen molar-refractivity contribution in [1.82, 2.24) is 9.71 Å². The summed E-state index contributed by atoms with van der Waals surface area (Å²) in [5, 5.41) is 8.65. The van der Waals surface area contributed by atoms with Crippen molar-refractivity contribution in [3.05, 3.63) is 24.0 Å². The number of hydrogen-bond acceptors (Lipinski definition) is 4. The normalized spacial score (nSPS) is 20.8. The maximum absolute atomic E-state index is 12.2. The van der Waals surface area contributed by atoms with Crippen LogP contribution >= 0.6 is 0 Å². The van der Waals surface area contributed by atoms with E-state index in [2.05, 4.69) is 9.71 Å². The van der Waals surface area contributed by atoms with Gasteiger partial charge < -0.3 is 0 Å². The molecule has 1 aromatic rings.